The van der Waals surface area contributed by atoms with Gasteiger partial charge in [-0.15, -0.1) is 0 Å². The van der Waals surface area contributed by atoms with Crippen LogP contribution in [0.4, 0.5) is 5.82 Å². The van der Waals surface area contributed by atoms with Crippen LogP contribution in [0.15, 0.2) is 64.3 Å². The SMILES string of the molecule is Cc1cc(NS(=O)(=O)c2cccc(C(=O)NCc3ccncc3)c2)no1. The van der Waals surface area contributed by atoms with Gasteiger partial charge in [0.05, 0.1) is 4.90 Å². The number of carbonyl (C=O) groups excluding carboxylic acids is 1. The molecule has 134 valence electrons. The van der Waals surface area contributed by atoms with E-state index in [1.807, 2.05) is 0 Å². The molecule has 26 heavy (non-hydrogen) atoms. The van der Waals surface area contributed by atoms with E-state index in [1.165, 1.54) is 24.3 Å². The quantitative estimate of drug-likeness (QED) is 0.685. The molecule has 0 aliphatic carbocycles. The molecule has 3 rings (SSSR count). The van der Waals surface area contributed by atoms with Crippen molar-refractivity contribution >= 4 is 21.7 Å². The van der Waals surface area contributed by atoms with Crippen LogP contribution in [0.25, 0.3) is 0 Å². The van der Waals surface area contributed by atoms with Gasteiger partial charge in [0.15, 0.2) is 5.82 Å². The van der Waals surface area contributed by atoms with Gasteiger partial charge in [-0.3, -0.25) is 14.5 Å². The highest BCUT2D eigenvalue weighted by Gasteiger charge is 2.18. The van der Waals surface area contributed by atoms with Crippen LogP contribution in [0.3, 0.4) is 0 Å². The third kappa shape index (κ3) is 4.25. The molecule has 1 aromatic carbocycles. The molecule has 2 heterocycles. The number of hydrogen-bond donors (Lipinski definition) is 2. The Labute approximate surface area is 150 Å². The topological polar surface area (TPSA) is 114 Å². The van der Waals surface area contributed by atoms with E-state index in [-0.39, 0.29) is 22.2 Å². The van der Waals surface area contributed by atoms with E-state index in [9.17, 15) is 13.2 Å². The summed E-state index contributed by atoms with van der Waals surface area (Å²) < 4.78 is 32.0. The minimum atomic E-state index is -3.88. The number of aryl methyl sites for hydroxylation is 1. The molecular weight excluding hydrogens is 356 g/mol. The van der Waals surface area contributed by atoms with E-state index in [4.69, 9.17) is 4.52 Å². The third-order valence-electron chi connectivity index (χ3n) is 3.48. The van der Waals surface area contributed by atoms with Crippen molar-refractivity contribution in [3.63, 3.8) is 0 Å². The zero-order valence-corrected chi connectivity index (χ0v) is 14.7. The van der Waals surface area contributed by atoms with Gasteiger partial charge in [0, 0.05) is 30.6 Å². The Morgan fingerprint density at radius 3 is 2.62 bits per heavy atom. The van der Waals surface area contributed by atoms with Crippen molar-refractivity contribution in [1.29, 1.82) is 0 Å². The molecule has 3 aromatic rings. The molecule has 0 bridgehead atoms. The summed E-state index contributed by atoms with van der Waals surface area (Å²) in [6, 6.07) is 10.8. The van der Waals surface area contributed by atoms with Gasteiger partial charge in [-0.05, 0) is 42.8 Å². The molecule has 1 amide bonds. The molecule has 9 heteroatoms. The second kappa shape index (κ2) is 7.36. The highest BCUT2D eigenvalue weighted by atomic mass is 32.2. The molecule has 0 saturated heterocycles. The summed E-state index contributed by atoms with van der Waals surface area (Å²) >= 11 is 0. The molecule has 0 atom stereocenters. The van der Waals surface area contributed by atoms with E-state index in [1.54, 1.807) is 37.5 Å². The van der Waals surface area contributed by atoms with Crippen molar-refractivity contribution in [2.24, 2.45) is 0 Å². The number of aromatic nitrogens is 2. The fourth-order valence-electron chi connectivity index (χ4n) is 2.20. The largest absolute Gasteiger partial charge is 0.360 e. The van der Waals surface area contributed by atoms with Crippen LogP contribution in [0.2, 0.25) is 0 Å². The van der Waals surface area contributed by atoms with Crippen LogP contribution >= 0.6 is 0 Å². The first-order chi connectivity index (χ1) is 12.4. The summed E-state index contributed by atoms with van der Waals surface area (Å²) in [6.45, 7) is 1.97. The molecule has 0 aliphatic rings. The lowest BCUT2D eigenvalue weighted by atomic mass is 10.2. The number of carbonyl (C=O) groups is 1. The van der Waals surface area contributed by atoms with Crippen LogP contribution in [-0.2, 0) is 16.6 Å². The number of nitrogens with one attached hydrogen (secondary N) is 2. The van der Waals surface area contributed by atoms with Crippen LogP contribution in [0.1, 0.15) is 21.7 Å². The Hall–Kier alpha value is -3.20. The third-order valence-corrected chi connectivity index (χ3v) is 4.83. The Morgan fingerprint density at radius 2 is 1.92 bits per heavy atom. The molecular formula is C17H16N4O4S. The van der Waals surface area contributed by atoms with Gasteiger partial charge in [-0.25, -0.2) is 8.42 Å². The highest BCUT2D eigenvalue weighted by Crippen LogP contribution is 2.17. The second-order valence-electron chi connectivity index (χ2n) is 5.49. The summed E-state index contributed by atoms with van der Waals surface area (Å²) in [6.07, 6.45) is 3.26. The molecule has 2 aromatic heterocycles. The summed E-state index contributed by atoms with van der Waals surface area (Å²) in [4.78, 5) is 16.1. The van der Waals surface area contributed by atoms with Gasteiger partial charge in [0.2, 0.25) is 0 Å². The maximum atomic E-state index is 12.4. The fraction of sp³-hybridized carbons (Fsp3) is 0.118. The molecule has 0 radical (unpaired) electrons. The minimum absolute atomic E-state index is 0.0466. The number of benzene rings is 1. The van der Waals surface area contributed by atoms with Crippen molar-refractivity contribution in [2.75, 3.05) is 4.72 Å². The Bertz CT molecular complexity index is 1020. The lowest BCUT2D eigenvalue weighted by Gasteiger charge is -2.08. The smallest absolute Gasteiger partial charge is 0.263 e. The number of anilines is 1. The summed E-state index contributed by atoms with van der Waals surface area (Å²) in [5.41, 5.74) is 1.12. The molecule has 0 aliphatic heterocycles. The van der Waals surface area contributed by atoms with Gasteiger partial charge in [0.25, 0.3) is 15.9 Å². The van der Waals surface area contributed by atoms with Crippen molar-refractivity contribution in [2.45, 2.75) is 18.4 Å². The first kappa shape index (κ1) is 17.6. The second-order valence-corrected chi connectivity index (χ2v) is 7.18. The van der Waals surface area contributed by atoms with Crippen LogP contribution < -0.4 is 10.0 Å². The predicted octanol–water partition coefficient (Wildman–Crippen LogP) is 2.11. The first-order valence-electron chi connectivity index (χ1n) is 7.67. The average Bonchev–Trinajstić information content (AvgIpc) is 3.04. The number of nitrogens with zero attached hydrogens (tertiary/aromatic N) is 2. The van der Waals surface area contributed by atoms with Crippen LogP contribution in [-0.4, -0.2) is 24.5 Å². The van der Waals surface area contributed by atoms with E-state index in [0.29, 0.717) is 12.3 Å². The summed E-state index contributed by atoms with van der Waals surface area (Å²) in [5.74, 6) is 0.179. The molecule has 2 N–H and O–H groups in total. The number of sulfonamides is 1. The summed E-state index contributed by atoms with van der Waals surface area (Å²) in [7, 11) is -3.88. The van der Waals surface area contributed by atoms with Crippen LogP contribution in [0, 0.1) is 6.92 Å². The first-order valence-corrected chi connectivity index (χ1v) is 9.16. The number of rotatable bonds is 6. The van der Waals surface area contributed by atoms with Crippen LogP contribution in [0.5, 0.6) is 0 Å². The van der Waals surface area contributed by atoms with Gasteiger partial charge in [-0.1, -0.05) is 11.2 Å². The van der Waals surface area contributed by atoms with Crippen molar-refractivity contribution in [3.8, 4) is 0 Å². The standard InChI is InChI=1S/C17H16N4O4S/c1-12-9-16(20-25-12)21-26(23,24)15-4-2-3-14(10-15)17(22)19-11-13-5-7-18-8-6-13/h2-10H,11H2,1H3,(H,19,22)(H,20,21). The maximum absolute atomic E-state index is 12.4. The van der Waals surface area contributed by atoms with Gasteiger partial charge in [0.1, 0.15) is 5.76 Å². The zero-order chi connectivity index (χ0) is 18.6. The molecule has 0 saturated carbocycles. The van der Waals surface area contributed by atoms with E-state index >= 15 is 0 Å². The molecule has 0 spiro atoms. The average molecular weight is 372 g/mol. The predicted molar refractivity (Wildman–Crippen MR) is 93.9 cm³/mol. The van der Waals surface area contributed by atoms with Gasteiger partial charge in [-0.2, -0.15) is 0 Å². The van der Waals surface area contributed by atoms with E-state index in [0.717, 1.165) is 5.56 Å². The Balaban J connectivity index is 1.73. The van der Waals surface area contributed by atoms with E-state index in [2.05, 4.69) is 20.2 Å². The fourth-order valence-corrected chi connectivity index (χ4v) is 3.23. The summed E-state index contributed by atoms with van der Waals surface area (Å²) in [5, 5.41) is 6.34. The highest BCUT2D eigenvalue weighted by molar-refractivity contribution is 7.92. The van der Waals surface area contributed by atoms with Gasteiger partial charge < -0.3 is 9.84 Å². The van der Waals surface area contributed by atoms with Crippen molar-refractivity contribution < 1.29 is 17.7 Å². The molecule has 0 fully saturated rings. The monoisotopic (exact) mass is 372 g/mol. The maximum Gasteiger partial charge on any atom is 0.263 e. The lowest BCUT2D eigenvalue weighted by molar-refractivity contribution is 0.0950. The molecule has 8 nitrogen and oxygen atoms in total. The van der Waals surface area contributed by atoms with Gasteiger partial charge >= 0.3 is 0 Å². The lowest BCUT2D eigenvalue weighted by Crippen LogP contribution is -2.23. The number of pyridine rings is 1. The Morgan fingerprint density at radius 1 is 1.15 bits per heavy atom. The minimum Gasteiger partial charge on any atom is -0.360 e. The van der Waals surface area contributed by atoms with E-state index < -0.39 is 10.0 Å². The zero-order valence-electron chi connectivity index (χ0n) is 13.8. The number of hydrogen-bond acceptors (Lipinski definition) is 6. The molecule has 0 unspecified atom stereocenters. The van der Waals surface area contributed by atoms with Crippen molar-refractivity contribution in [1.82, 2.24) is 15.5 Å². The van der Waals surface area contributed by atoms with Crippen molar-refractivity contribution in [3.05, 3.63) is 71.7 Å². The normalized spacial score (nSPS) is 11.1. The Kier molecular flexibility index (Phi) is 4.99. The number of amides is 1.